The summed E-state index contributed by atoms with van der Waals surface area (Å²) in [6.45, 7) is 3.36. The average molecular weight is 128 g/mol. The Morgan fingerprint density at radius 3 is 2.56 bits per heavy atom. The molecule has 2 fully saturated rings. The van der Waals surface area contributed by atoms with Gasteiger partial charge in [0.1, 0.15) is 12.1 Å². The molecule has 1 aliphatic carbocycles. The van der Waals surface area contributed by atoms with E-state index in [-0.39, 0.29) is 0 Å². The number of ether oxygens (including phenoxy) is 1. The van der Waals surface area contributed by atoms with Gasteiger partial charge in [0.25, 0.3) is 0 Å². The van der Waals surface area contributed by atoms with Crippen LogP contribution < -0.4 is 5.32 Å². The third-order valence-corrected chi connectivity index (χ3v) is 2.51. The summed E-state index contributed by atoms with van der Waals surface area (Å²) in [5, 5.41) is 2.38. The van der Waals surface area contributed by atoms with Gasteiger partial charge >= 0.3 is 0 Å². The summed E-state index contributed by atoms with van der Waals surface area (Å²) in [5.74, 6) is 0. The molecule has 9 heavy (non-hydrogen) atoms. The minimum Gasteiger partial charge on any atom is -0.363 e. The van der Waals surface area contributed by atoms with Crippen LogP contribution in [0.4, 0.5) is 0 Å². The second-order valence-corrected chi connectivity index (χ2v) is 3.17. The van der Waals surface area contributed by atoms with E-state index in [9.17, 15) is 0 Å². The van der Waals surface area contributed by atoms with Gasteiger partial charge in [-0.3, -0.25) is 0 Å². The summed E-state index contributed by atoms with van der Waals surface area (Å²) < 4.78 is 5.67. The van der Waals surface area contributed by atoms with Crippen molar-refractivity contribution >= 4 is 0 Å². The summed E-state index contributed by atoms with van der Waals surface area (Å²) in [7, 11) is 0. The van der Waals surface area contributed by atoms with Gasteiger partial charge in [-0.1, -0.05) is 0 Å². The van der Waals surface area contributed by atoms with Crippen molar-refractivity contribution in [1.82, 2.24) is 0 Å². The molecule has 1 saturated carbocycles. The lowest BCUT2D eigenvalue weighted by molar-refractivity contribution is -0.688. The maximum atomic E-state index is 5.67. The molecule has 52 valence electrons. The van der Waals surface area contributed by atoms with Crippen molar-refractivity contribution in [2.24, 2.45) is 0 Å². The van der Waals surface area contributed by atoms with Gasteiger partial charge in [-0.25, -0.2) is 0 Å². The highest BCUT2D eigenvalue weighted by molar-refractivity contribution is 4.89. The molecule has 0 radical (unpaired) electrons. The van der Waals surface area contributed by atoms with Gasteiger partial charge in [0.05, 0.1) is 13.2 Å². The molecule has 1 heterocycles. The molecule has 2 heteroatoms. The highest BCUT2D eigenvalue weighted by Gasteiger charge is 2.41. The molecule has 0 bridgehead atoms. The zero-order valence-electron chi connectivity index (χ0n) is 5.73. The van der Waals surface area contributed by atoms with E-state index < -0.39 is 0 Å². The Kier molecular flexibility index (Phi) is 1.24. The molecule has 2 rings (SSSR count). The van der Waals surface area contributed by atoms with Crippen LogP contribution in [0, 0.1) is 0 Å². The van der Waals surface area contributed by atoms with E-state index in [1.54, 1.807) is 0 Å². The molecule has 0 amide bonds. The van der Waals surface area contributed by atoms with Crippen LogP contribution in [0.3, 0.4) is 0 Å². The summed E-state index contributed by atoms with van der Waals surface area (Å²) >= 11 is 0. The van der Waals surface area contributed by atoms with E-state index in [4.69, 9.17) is 4.74 Å². The second-order valence-electron chi connectivity index (χ2n) is 3.17. The summed E-state index contributed by atoms with van der Waals surface area (Å²) in [6, 6.07) is 0. The van der Waals surface area contributed by atoms with Gasteiger partial charge in [-0.15, -0.1) is 0 Å². The number of morpholine rings is 1. The molecule has 1 spiro atoms. The SMILES string of the molecule is C1CC2(C1)C[NH2+]CCO2. The fourth-order valence-electron chi connectivity index (χ4n) is 1.70. The molecular weight excluding hydrogens is 114 g/mol. The minimum atomic E-state index is 0.345. The number of quaternary nitrogens is 1. The molecule has 1 saturated heterocycles. The van der Waals surface area contributed by atoms with Gasteiger partial charge in [-0.2, -0.15) is 0 Å². The molecule has 2 nitrogen and oxygen atoms in total. The van der Waals surface area contributed by atoms with Crippen molar-refractivity contribution in [3.05, 3.63) is 0 Å². The predicted octanol–water partition coefficient (Wildman–Crippen LogP) is -0.497. The van der Waals surface area contributed by atoms with Crippen LogP contribution in [-0.2, 0) is 4.74 Å². The average Bonchev–Trinajstić information content (AvgIpc) is 1.87. The fraction of sp³-hybridized carbons (Fsp3) is 1.00. The number of rotatable bonds is 0. The molecule has 0 aromatic rings. The van der Waals surface area contributed by atoms with E-state index in [0.717, 1.165) is 6.61 Å². The summed E-state index contributed by atoms with van der Waals surface area (Å²) in [4.78, 5) is 0. The third-order valence-electron chi connectivity index (χ3n) is 2.51. The maximum Gasteiger partial charge on any atom is 0.117 e. The molecule has 0 atom stereocenters. The smallest absolute Gasteiger partial charge is 0.117 e. The van der Waals surface area contributed by atoms with Crippen molar-refractivity contribution in [3.63, 3.8) is 0 Å². The first-order valence-electron chi connectivity index (χ1n) is 3.87. The molecular formula is C7H14NO+. The van der Waals surface area contributed by atoms with Gasteiger partial charge < -0.3 is 10.1 Å². The summed E-state index contributed by atoms with van der Waals surface area (Å²) in [6.07, 6.45) is 4.00. The van der Waals surface area contributed by atoms with Gasteiger partial charge in [-0.05, 0) is 19.3 Å². The summed E-state index contributed by atoms with van der Waals surface area (Å²) in [5.41, 5.74) is 0.345. The Labute approximate surface area is 55.6 Å². The van der Waals surface area contributed by atoms with E-state index >= 15 is 0 Å². The highest BCUT2D eigenvalue weighted by atomic mass is 16.5. The topological polar surface area (TPSA) is 25.8 Å². The Bertz CT molecular complexity index is 101. The van der Waals surface area contributed by atoms with Crippen molar-refractivity contribution in [1.29, 1.82) is 0 Å². The fourth-order valence-corrected chi connectivity index (χ4v) is 1.70. The van der Waals surface area contributed by atoms with E-state index in [2.05, 4.69) is 5.32 Å². The molecule has 2 aliphatic rings. The van der Waals surface area contributed by atoms with Crippen LogP contribution in [0.2, 0.25) is 0 Å². The van der Waals surface area contributed by atoms with E-state index in [1.165, 1.54) is 32.4 Å². The largest absolute Gasteiger partial charge is 0.363 e. The Hall–Kier alpha value is -0.0800. The molecule has 1 aliphatic heterocycles. The Balaban J connectivity index is 1.93. The van der Waals surface area contributed by atoms with Crippen LogP contribution in [0.5, 0.6) is 0 Å². The van der Waals surface area contributed by atoms with Gasteiger partial charge in [0.15, 0.2) is 0 Å². The first kappa shape index (κ1) is 5.69. The Morgan fingerprint density at radius 2 is 2.22 bits per heavy atom. The van der Waals surface area contributed by atoms with Crippen LogP contribution in [-0.4, -0.2) is 25.3 Å². The molecule has 2 N–H and O–H groups in total. The van der Waals surface area contributed by atoms with Crippen LogP contribution in [0.15, 0.2) is 0 Å². The lowest BCUT2D eigenvalue weighted by Gasteiger charge is -2.42. The van der Waals surface area contributed by atoms with Crippen LogP contribution in [0.25, 0.3) is 0 Å². The first-order valence-corrected chi connectivity index (χ1v) is 3.87. The van der Waals surface area contributed by atoms with Gasteiger partial charge in [0.2, 0.25) is 0 Å². The standard InChI is InChI=1S/C7H13NO/c1-2-7(3-1)6-8-4-5-9-7/h8H,1-6H2/p+1. The number of hydrogen-bond donors (Lipinski definition) is 1. The van der Waals surface area contributed by atoms with E-state index in [1.807, 2.05) is 0 Å². The first-order chi connectivity index (χ1) is 4.41. The lowest BCUT2D eigenvalue weighted by atomic mass is 9.79. The lowest BCUT2D eigenvalue weighted by Crippen LogP contribution is -2.92. The Morgan fingerprint density at radius 1 is 1.33 bits per heavy atom. The van der Waals surface area contributed by atoms with Crippen LogP contribution in [0.1, 0.15) is 19.3 Å². The second kappa shape index (κ2) is 1.96. The van der Waals surface area contributed by atoms with Gasteiger partial charge in [0, 0.05) is 0 Å². The third kappa shape index (κ3) is 0.864. The highest BCUT2D eigenvalue weighted by Crippen LogP contribution is 2.34. The normalized spacial score (nSPS) is 32.0. The molecule has 0 unspecified atom stereocenters. The monoisotopic (exact) mass is 128 g/mol. The van der Waals surface area contributed by atoms with Crippen LogP contribution >= 0.6 is 0 Å². The van der Waals surface area contributed by atoms with Crippen molar-refractivity contribution < 1.29 is 10.1 Å². The quantitative estimate of drug-likeness (QED) is 0.468. The maximum absolute atomic E-state index is 5.67. The predicted molar refractivity (Wildman–Crippen MR) is 34.2 cm³/mol. The zero-order valence-corrected chi connectivity index (χ0v) is 5.73. The molecule has 0 aromatic heterocycles. The zero-order chi connectivity index (χ0) is 6.16. The number of nitrogens with two attached hydrogens (primary N) is 1. The number of hydrogen-bond acceptors (Lipinski definition) is 1. The van der Waals surface area contributed by atoms with Crippen molar-refractivity contribution in [2.45, 2.75) is 24.9 Å². The van der Waals surface area contributed by atoms with E-state index in [0.29, 0.717) is 5.60 Å². The molecule has 0 aromatic carbocycles. The van der Waals surface area contributed by atoms with Crippen molar-refractivity contribution in [2.75, 3.05) is 19.7 Å². The minimum absolute atomic E-state index is 0.345. The van der Waals surface area contributed by atoms with Crippen molar-refractivity contribution in [3.8, 4) is 0 Å².